The number of ether oxygens (including phenoxy) is 1. The largest absolute Gasteiger partial charge is 0.444 e. The Bertz CT molecular complexity index is 454. The van der Waals surface area contributed by atoms with Gasteiger partial charge in [-0.25, -0.2) is 4.79 Å². The highest BCUT2D eigenvalue weighted by atomic mass is 35.5. The second-order valence-electron chi connectivity index (χ2n) is 3.73. The maximum Gasteiger partial charge on any atom is 0.344 e. The number of cyclic esters (lactones) is 1. The van der Waals surface area contributed by atoms with Crippen LogP contribution in [0.2, 0.25) is 5.02 Å². The minimum atomic E-state index is -1.69. The van der Waals surface area contributed by atoms with Crippen LogP contribution in [0.25, 0.3) is 0 Å². The van der Waals surface area contributed by atoms with Crippen LogP contribution in [-0.2, 0) is 19.9 Å². The molecule has 5 heteroatoms. The van der Waals surface area contributed by atoms with Crippen molar-refractivity contribution in [3.8, 4) is 0 Å². The van der Waals surface area contributed by atoms with Crippen molar-refractivity contribution in [2.45, 2.75) is 18.6 Å². The quantitative estimate of drug-likeness (QED) is 0.589. The smallest absolute Gasteiger partial charge is 0.344 e. The molecule has 0 saturated carbocycles. The maximum absolute atomic E-state index is 11.7. The van der Waals surface area contributed by atoms with Gasteiger partial charge in [-0.2, -0.15) is 0 Å². The number of aliphatic hydroxyl groups is 1. The van der Waals surface area contributed by atoms with Gasteiger partial charge in [0.15, 0.2) is 5.60 Å². The summed E-state index contributed by atoms with van der Waals surface area (Å²) < 4.78 is 4.92. The van der Waals surface area contributed by atoms with Crippen LogP contribution < -0.4 is 0 Å². The zero-order chi connectivity index (χ0) is 11.9. The Balaban J connectivity index is 2.44. The Morgan fingerprint density at radius 3 is 2.31 bits per heavy atom. The van der Waals surface area contributed by atoms with Gasteiger partial charge in [-0.1, -0.05) is 23.7 Å². The summed E-state index contributed by atoms with van der Waals surface area (Å²) in [5.41, 5.74) is -0.923. The lowest BCUT2D eigenvalue weighted by molar-refractivity contribution is -0.153. The molecule has 1 aromatic rings. The first kappa shape index (κ1) is 11.1. The van der Waals surface area contributed by atoms with Gasteiger partial charge in [0.2, 0.25) is 11.9 Å². The Morgan fingerprint density at radius 1 is 1.31 bits per heavy atom. The Morgan fingerprint density at radius 2 is 1.88 bits per heavy atom. The third-order valence-electron chi connectivity index (χ3n) is 2.64. The summed E-state index contributed by atoms with van der Waals surface area (Å²) in [6.07, 6.45) is -1.69. The van der Waals surface area contributed by atoms with E-state index in [1.54, 1.807) is 24.3 Å². The first-order valence-electron chi connectivity index (χ1n) is 4.66. The van der Waals surface area contributed by atoms with E-state index in [0.717, 1.165) is 0 Å². The third-order valence-corrected chi connectivity index (χ3v) is 2.89. The van der Waals surface area contributed by atoms with E-state index in [-0.39, 0.29) is 0 Å². The average Bonchev–Trinajstić information content (AvgIpc) is 2.45. The number of carbonyl (C=O) groups is 2. The highest BCUT2D eigenvalue weighted by Crippen LogP contribution is 2.34. The van der Waals surface area contributed by atoms with Crippen LogP contribution in [0.4, 0.5) is 0 Å². The summed E-state index contributed by atoms with van der Waals surface area (Å²) in [6.45, 7) is 1.45. The van der Waals surface area contributed by atoms with E-state index < -0.39 is 23.5 Å². The van der Waals surface area contributed by atoms with Crippen molar-refractivity contribution in [3.05, 3.63) is 34.9 Å². The third kappa shape index (κ3) is 1.50. The summed E-state index contributed by atoms with van der Waals surface area (Å²) in [5, 5.41) is 9.79. The number of rotatable bonds is 1. The van der Waals surface area contributed by atoms with Crippen molar-refractivity contribution in [2.24, 2.45) is 0 Å². The van der Waals surface area contributed by atoms with E-state index in [0.29, 0.717) is 10.6 Å². The number of hydrogen-bond acceptors (Lipinski definition) is 4. The van der Waals surface area contributed by atoms with Crippen LogP contribution in [0.1, 0.15) is 12.5 Å². The fourth-order valence-electron chi connectivity index (χ4n) is 1.64. The molecule has 1 aliphatic heterocycles. The van der Waals surface area contributed by atoms with E-state index in [4.69, 9.17) is 16.3 Å². The number of Topliss-reactive ketones (excluding diaryl/α,β-unsaturated/α-hetero) is 1. The van der Waals surface area contributed by atoms with Crippen LogP contribution in [0.5, 0.6) is 0 Å². The van der Waals surface area contributed by atoms with Crippen LogP contribution in [0, 0.1) is 0 Å². The Labute approximate surface area is 96.8 Å². The van der Waals surface area contributed by atoms with Crippen LogP contribution in [0.15, 0.2) is 24.3 Å². The molecule has 1 aliphatic rings. The molecule has 1 fully saturated rings. The van der Waals surface area contributed by atoms with E-state index in [1.165, 1.54) is 6.92 Å². The molecule has 4 nitrogen and oxygen atoms in total. The van der Waals surface area contributed by atoms with Crippen molar-refractivity contribution < 1.29 is 19.4 Å². The topological polar surface area (TPSA) is 63.6 Å². The molecule has 84 valence electrons. The SMILES string of the molecule is C[C@]1(c2ccc(Cl)cc2)OC(=O)C(O)C1=O. The van der Waals surface area contributed by atoms with Gasteiger partial charge in [0.05, 0.1) is 0 Å². The number of hydrogen-bond donors (Lipinski definition) is 1. The summed E-state index contributed by atoms with van der Waals surface area (Å²) in [5.74, 6) is -1.57. The second kappa shape index (κ2) is 3.57. The molecular weight excluding hydrogens is 232 g/mol. The van der Waals surface area contributed by atoms with Crippen molar-refractivity contribution in [1.82, 2.24) is 0 Å². The average molecular weight is 241 g/mol. The van der Waals surface area contributed by atoms with E-state index in [1.807, 2.05) is 0 Å². The minimum absolute atomic E-state index is 0.492. The number of halogens is 1. The molecule has 0 radical (unpaired) electrons. The predicted octanol–water partition coefficient (Wildman–Crippen LogP) is 1.04. The normalized spacial score (nSPS) is 29.3. The van der Waals surface area contributed by atoms with Crippen molar-refractivity contribution in [3.63, 3.8) is 0 Å². The number of ketones is 1. The fourth-order valence-corrected chi connectivity index (χ4v) is 1.77. The van der Waals surface area contributed by atoms with Gasteiger partial charge in [-0.3, -0.25) is 4.79 Å². The highest BCUT2D eigenvalue weighted by molar-refractivity contribution is 6.30. The van der Waals surface area contributed by atoms with Gasteiger partial charge in [0.25, 0.3) is 0 Å². The van der Waals surface area contributed by atoms with Gasteiger partial charge in [0.1, 0.15) is 0 Å². The monoisotopic (exact) mass is 240 g/mol. The molecule has 1 heterocycles. The van der Waals surface area contributed by atoms with Gasteiger partial charge < -0.3 is 9.84 Å². The lowest BCUT2D eigenvalue weighted by atomic mass is 9.91. The lowest BCUT2D eigenvalue weighted by Crippen LogP contribution is -2.33. The van der Waals surface area contributed by atoms with Gasteiger partial charge in [-0.05, 0) is 19.1 Å². The minimum Gasteiger partial charge on any atom is -0.444 e. The standard InChI is InChI=1S/C11H9ClO4/c1-11(6-2-4-7(12)5-3-6)9(14)8(13)10(15)16-11/h2-5,8,13H,1H3/t8?,11-/m1/s1. The molecule has 0 aliphatic carbocycles. The molecule has 16 heavy (non-hydrogen) atoms. The molecule has 2 rings (SSSR count). The molecule has 1 unspecified atom stereocenters. The molecule has 2 atom stereocenters. The molecule has 0 bridgehead atoms. The first-order valence-corrected chi connectivity index (χ1v) is 5.04. The van der Waals surface area contributed by atoms with Crippen molar-refractivity contribution >= 4 is 23.4 Å². The summed E-state index contributed by atoms with van der Waals surface area (Å²) in [7, 11) is 0. The molecule has 1 N–H and O–H groups in total. The molecule has 0 amide bonds. The van der Waals surface area contributed by atoms with E-state index in [2.05, 4.69) is 0 Å². The van der Waals surface area contributed by atoms with Gasteiger partial charge >= 0.3 is 5.97 Å². The molecule has 1 saturated heterocycles. The molecular formula is C11H9ClO4. The molecule has 0 spiro atoms. The number of benzene rings is 1. The van der Waals surface area contributed by atoms with Crippen LogP contribution in [0.3, 0.4) is 0 Å². The number of esters is 1. The summed E-state index contributed by atoms with van der Waals surface area (Å²) in [6, 6.07) is 6.36. The van der Waals surface area contributed by atoms with Crippen LogP contribution >= 0.6 is 11.6 Å². The number of carbonyl (C=O) groups excluding carboxylic acids is 2. The molecule has 1 aromatic carbocycles. The Kier molecular flexibility index (Phi) is 2.48. The second-order valence-corrected chi connectivity index (χ2v) is 4.16. The fraction of sp³-hybridized carbons (Fsp3) is 0.273. The zero-order valence-corrected chi connectivity index (χ0v) is 9.19. The Hall–Kier alpha value is -1.39. The summed E-state index contributed by atoms with van der Waals surface area (Å²) in [4.78, 5) is 22.8. The first-order chi connectivity index (χ1) is 7.45. The van der Waals surface area contributed by atoms with Gasteiger partial charge in [-0.15, -0.1) is 0 Å². The van der Waals surface area contributed by atoms with Crippen molar-refractivity contribution in [2.75, 3.05) is 0 Å². The maximum atomic E-state index is 11.7. The summed E-state index contributed by atoms with van der Waals surface area (Å²) >= 11 is 5.72. The van der Waals surface area contributed by atoms with E-state index >= 15 is 0 Å². The number of aliphatic hydroxyl groups excluding tert-OH is 1. The van der Waals surface area contributed by atoms with E-state index in [9.17, 15) is 14.7 Å². The highest BCUT2D eigenvalue weighted by Gasteiger charge is 2.52. The lowest BCUT2D eigenvalue weighted by Gasteiger charge is -2.20. The molecule has 0 aromatic heterocycles. The predicted molar refractivity (Wildman–Crippen MR) is 55.9 cm³/mol. The van der Waals surface area contributed by atoms with Crippen LogP contribution in [-0.4, -0.2) is 23.0 Å². The van der Waals surface area contributed by atoms with Crippen molar-refractivity contribution in [1.29, 1.82) is 0 Å². The van der Waals surface area contributed by atoms with Gasteiger partial charge in [0, 0.05) is 10.6 Å². The zero-order valence-electron chi connectivity index (χ0n) is 8.44.